The van der Waals surface area contributed by atoms with Gasteiger partial charge >= 0.3 is 0 Å². The maximum absolute atomic E-state index is 12.4. The number of carbonyl (C=O) groups excluding carboxylic acids is 1. The predicted molar refractivity (Wildman–Crippen MR) is 107 cm³/mol. The summed E-state index contributed by atoms with van der Waals surface area (Å²) in [6.07, 6.45) is 0.860. The maximum atomic E-state index is 12.4. The Morgan fingerprint density at radius 3 is 2.96 bits per heavy atom. The van der Waals surface area contributed by atoms with Gasteiger partial charge in [0.05, 0.1) is 12.1 Å². The Morgan fingerprint density at radius 2 is 2.04 bits per heavy atom. The molecule has 0 aliphatic carbocycles. The van der Waals surface area contributed by atoms with Gasteiger partial charge in [-0.25, -0.2) is 4.68 Å². The van der Waals surface area contributed by atoms with Gasteiger partial charge in [0.2, 0.25) is 5.91 Å². The Balaban J connectivity index is 1.25. The van der Waals surface area contributed by atoms with Crippen LogP contribution in [0.2, 0.25) is 0 Å². The van der Waals surface area contributed by atoms with Crippen molar-refractivity contribution in [2.45, 2.75) is 32.5 Å². The third-order valence-electron chi connectivity index (χ3n) is 4.87. The number of benzene rings is 2. The molecule has 3 aromatic rings. The van der Waals surface area contributed by atoms with Gasteiger partial charge in [-0.3, -0.25) is 9.69 Å². The molecule has 0 radical (unpaired) electrons. The molecule has 7 nitrogen and oxygen atoms in total. The van der Waals surface area contributed by atoms with E-state index in [9.17, 15) is 4.79 Å². The molecule has 0 bridgehead atoms. The van der Waals surface area contributed by atoms with E-state index in [1.165, 1.54) is 0 Å². The Labute approximate surface area is 164 Å². The summed E-state index contributed by atoms with van der Waals surface area (Å²) in [7, 11) is 0. The van der Waals surface area contributed by atoms with Crippen LogP contribution >= 0.6 is 0 Å². The molecular formula is C21H25N5O2. The lowest BCUT2D eigenvalue weighted by molar-refractivity contribution is -0.122. The summed E-state index contributed by atoms with van der Waals surface area (Å²) in [4.78, 5) is 14.5. The summed E-state index contributed by atoms with van der Waals surface area (Å²) in [6.45, 7) is 5.20. The zero-order chi connectivity index (χ0) is 19.3. The Bertz CT molecular complexity index is 955. The first-order valence-corrected chi connectivity index (χ1v) is 9.71. The zero-order valence-corrected chi connectivity index (χ0v) is 16.0. The number of hydrogen-bond donors (Lipinski definition) is 1. The average Bonchev–Trinajstić information content (AvgIpc) is 3.02. The number of nitrogens with one attached hydrogen (secondary N) is 1. The molecule has 28 heavy (non-hydrogen) atoms. The lowest BCUT2D eigenvalue weighted by Crippen LogP contribution is -2.40. The Kier molecular flexibility index (Phi) is 5.53. The van der Waals surface area contributed by atoms with E-state index in [4.69, 9.17) is 4.74 Å². The lowest BCUT2D eigenvalue weighted by atomic mass is 10.2. The van der Waals surface area contributed by atoms with Crippen LogP contribution in [0.1, 0.15) is 18.9 Å². The van der Waals surface area contributed by atoms with Gasteiger partial charge in [-0.2, -0.15) is 0 Å². The van der Waals surface area contributed by atoms with Crippen molar-refractivity contribution in [3.63, 3.8) is 0 Å². The summed E-state index contributed by atoms with van der Waals surface area (Å²) < 4.78 is 7.84. The first kappa shape index (κ1) is 18.4. The second kappa shape index (κ2) is 8.39. The largest absolute Gasteiger partial charge is 0.489 e. The molecule has 1 amide bonds. The fourth-order valence-electron chi connectivity index (χ4n) is 3.59. The van der Waals surface area contributed by atoms with Crippen LogP contribution in [0.15, 0.2) is 48.5 Å². The molecule has 0 saturated carbocycles. The SMILES string of the molecule is CC1CN(CC(=O)NCCCn2nnc3ccccc32)Cc2ccccc2O1. The number of fused-ring (bicyclic) bond motifs is 2. The molecule has 1 unspecified atom stereocenters. The molecule has 1 aliphatic heterocycles. The van der Waals surface area contributed by atoms with Crippen LogP contribution in [0.3, 0.4) is 0 Å². The fourth-order valence-corrected chi connectivity index (χ4v) is 3.59. The predicted octanol–water partition coefficient (Wildman–Crippen LogP) is 2.22. The van der Waals surface area contributed by atoms with E-state index in [0.717, 1.165) is 48.4 Å². The van der Waals surface area contributed by atoms with E-state index >= 15 is 0 Å². The van der Waals surface area contributed by atoms with Gasteiger partial charge < -0.3 is 10.1 Å². The number of nitrogens with zero attached hydrogens (tertiary/aromatic N) is 4. The number of hydrogen-bond acceptors (Lipinski definition) is 5. The van der Waals surface area contributed by atoms with Crippen molar-refractivity contribution >= 4 is 16.9 Å². The van der Waals surface area contributed by atoms with Crippen molar-refractivity contribution in [2.75, 3.05) is 19.6 Å². The summed E-state index contributed by atoms with van der Waals surface area (Å²) >= 11 is 0. The number of aromatic nitrogens is 3. The fraction of sp³-hybridized carbons (Fsp3) is 0.381. The van der Waals surface area contributed by atoms with Crippen LogP contribution < -0.4 is 10.1 Å². The van der Waals surface area contributed by atoms with E-state index in [-0.39, 0.29) is 12.0 Å². The summed E-state index contributed by atoms with van der Waals surface area (Å²) in [6, 6.07) is 15.9. The van der Waals surface area contributed by atoms with Crippen molar-refractivity contribution in [3.8, 4) is 5.75 Å². The van der Waals surface area contributed by atoms with Crippen molar-refractivity contribution in [3.05, 3.63) is 54.1 Å². The smallest absolute Gasteiger partial charge is 0.234 e. The molecule has 1 N–H and O–H groups in total. The highest BCUT2D eigenvalue weighted by Crippen LogP contribution is 2.24. The van der Waals surface area contributed by atoms with Gasteiger partial charge in [-0.1, -0.05) is 35.5 Å². The van der Waals surface area contributed by atoms with Gasteiger partial charge in [-0.15, -0.1) is 5.10 Å². The molecular weight excluding hydrogens is 354 g/mol. The van der Waals surface area contributed by atoms with Crippen LogP contribution in [0, 0.1) is 0 Å². The molecule has 0 fully saturated rings. The Hall–Kier alpha value is -2.93. The number of carbonyl (C=O) groups is 1. The third kappa shape index (κ3) is 4.31. The molecule has 0 saturated heterocycles. The first-order valence-electron chi connectivity index (χ1n) is 9.71. The van der Waals surface area contributed by atoms with Gasteiger partial charge in [0.1, 0.15) is 17.4 Å². The normalized spacial score (nSPS) is 17.0. The zero-order valence-electron chi connectivity index (χ0n) is 16.0. The molecule has 1 atom stereocenters. The van der Waals surface area contributed by atoms with Gasteiger partial charge in [0, 0.05) is 31.7 Å². The second-order valence-electron chi connectivity index (χ2n) is 7.21. The number of aryl methyl sites for hydroxylation is 1. The number of amides is 1. The highest BCUT2D eigenvalue weighted by molar-refractivity contribution is 5.78. The third-order valence-corrected chi connectivity index (χ3v) is 4.87. The topological polar surface area (TPSA) is 72.3 Å². The number of ether oxygens (including phenoxy) is 1. The van der Waals surface area contributed by atoms with Gasteiger partial charge in [0.15, 0.2) is 0 Å². The molecule has 2 heterocycles. The molecule has 1 aromatic heterocycles. The minimum absolute atomic E-state index is 0.0371. The van der Waals surface area contributed by atoms with E-state index in [0.29, 0.717) is 13.1 Å². The molecule has 1 aliphatic rings. The van der Waals surface area contributed by atoms with Crippen molar-refractivity contribution in [2.24, 2.45) is 0 Å². The van der Waals surface area contributed by atoms with E-state index in [1.807, 2.05) is 54.1 Å². The monoisotopic (exact) mass is 379 g/mol. The average molecular weight is 379 g/mol. The van der Waals surface area contributed by atoms with Gasteiger partial charge in [0.25, 0.3) is 0 Å². The molecule has 0 spiro atoms. The van der Waals surface area contributed by atoms with Crippen molar-refractivity contribution < 1.29 is 9.53 Å². The van der Waals surface area contributed by atoms with Crippen LogP contribution in [-0.2, 0) is 17.9 Å². The molecule has 4 rings (SSSR count). The standard InChI is InChI=1S/C21H25N5O2/c1-16-13-25(14-17-7-2-5-10-20(17)28-16)15-21(27)22-11-6-12-26-19-9-4-3-8-18(19)23-24-26/h2-5,7-10,16H,6,11-15H2,1H3,(H,22,27). The van der Waals surface area contributed by atoms with Crippen molar-refractivity contribution in [1.29, 1.82) is 0 Å². The molecule has 7 heteroatoms. The minimum atomic E-state index is 0.0371. The highest BCUT2D eigenvalue weighted by atomic mass is 16.5. The summed E-state index contributed by atoms with van der Waals surface area (Å²) in [5.74, 6) is 0.952. The molecule has 2 aromatic carbocycles. The number of para-hydroxylation sites is 2. The first-order chi connectivity index (χ1) is 13.7. The van der Waals surface area contributed by atoms with Gasteiger partial charge in [-0.05, 0) is 31.5 Å². The van der Waals surface area contributed by atoms with E-state index < -0.39 is 0 Å². The van der Waals surface area contributed by atoms with Crippen LogP contribution in [0.5, 0.6) is 5.75 Å². The maximum Gasteiger partial charge on any atom is 0.234 e. The van der Waals surface area contributed by atoms with Crippen molar-refractivity contribution in [1.82, 2.24) is 25.2 Å². The van der Waals surface area contributed by atoms with Crippen LogP contribution in [0.4, 0.5) is 0 Å². The highest BCUT2D eigenvalue weighted by Gasteiger charge is 2.21. The minimum Gasteiger partial charge on any atom is -0.489 e. The lowest BCUT2D eigenvalue weighted by Gasteiger charge is -2.21. The van der Waals surface area contributed by atoms with E-state index in [1.54, 1.807) is 0 Å². The number of rotatable bonds is 6. The summed E-state index contributed by atoms with van der Waals surface area (Å²) in [5, 5.41) is 11.3. The quantitative estimate of drug-likeness (QED) is 0.665. The molecule has 146 valence electrons. The van der Waals surface area contributed by atoms with E-state index in [2.05, 4.69) is 26.6 Å². The second-order valence-corrected chi connectivity index (χ2v) is 7.21. The van der Waals surface area contributed by atoms with Crippen LogP contribution in [-0.4, -0.2) is 51.5 Å². The van der Waals surface area contributed by atoms with Crippen LogP contribution in [0.25, 0.3) is 11.0 Å². The summed E-state index contributed by atoms with van der Waals surface area (Å²) in [5.41, 5.74) is 3.04. The Morgan fingerprint density at radius 1 is 1.21 bits per heavy atom.